The van der Waals surface area contributed by atoms with Gasteiger partial charge in [-0.05, 0) is 31.2 Å². The molecule has 0 aliphatic carbocycles. The van der Waals surface area contributed by atoms with Crippen molar-refractivity contribution in [3.8, 4) is 0 Å². The zero-order valence-electron chi connectivity index (χ0n) is 13.0. The van der Waals surface area contributed by atoms with E-state index in [1.165, 1.54) is 18.2 Å². The predicted octanol–water partition coefficient (Wildman–Crippen LogP) is 2.76. The molecule has 24 heavy (non-hydrogen) atoms. The number of para-hydroxylation sites is 1. The minimum absolute atomic E-state index is 0.0499. The fraction of sp³-hybridized carbons (Fsp3) is 0.167. The van der Waals surface area contributed by atoms with Gasteiger partial charge in [0, 0.05) is 13.0 Å². The Morgan fingerprint density at radius 2 is 1.79 bits per heavy atom. The Labute approximate surface area is 138 Å². The van der Waals surface area contributed by atoms with Crippen LogP contribution in [0.5, 0.6) is 0 Å². The molecule has 2 aromatic carbocycles. The molecule has 3 rings (SSSR count). The number of benzene rings is 2. The molecular weight excluding hydrogens is 311 g/mol. The van der Waals surface area contributed by atoms with Crippen molar-refractivity contribution in [2.75, 3.05) is 11.9 Å². The van der Waals surface area contributed by atoms with E-state index in [9.17, 15) is 18.8 Å². The van der Waals surface area contributed by atoms with Gasteiger partial charge in [-0.25, -0.2) is 4.39 Å². The SMILES string of the molecule is Cc1ccc2c(c1)C(=O)N(CCC(=O)Nc1ccccc1F)C2=O. The van der Waals surface area contributed by atoms with Crippen LogP contribution in [0.15, 0.2) is 42.5 Å². The Morgan fingerprint density at radius 1 is 1.08 bits per heavy atom. The lowest BCUT2D eigenvalue weighted by molar-refractivity contribution is -0.116. The van der Waals surface area contributed by atoms with Crippen LogP contribution in [0.1, 0.15) is 32.7 Å². The van der Waals surface area contributed by atoms with Crippen molar-refractivity contribution in [2.24, 2.45) is 0 Å². The first kappa shape index (κ1) is 15.9. The van der Waals surface area contributed by atoms with Crippen molar-refractivity contribution in [1.29, 1.82) is 0 Å². The van der Waals surface area contributed by atoms with Crippen molar-refractivity contribution < 1.29 is 18.8 Å². The minimum Gasteiger partial charge on any atom is -0.324 e. The Hall–Kier alpha value is -3.02. The van der Waals surface area contributed by atoms with Gasteiger partial charge >= 0.3 is 0 Å². The average Bonchev–Trinajstić information content (AvgIpc) is 2.78. The number of carbonyl (C=O) groups is 3. The number of aryl methyl sites for hydroxylation is 1. The van der Waals surface area contributed by atoms with E-state index in [1.54, 1.807) is 24.3 Å². The van der Waals surface area contributed by atoms with Crippen LogP contribution in [0.3, 0.4) is 0 Å². The number of carbonyl (C=O) groups excluding carboxylic acids is 3. The minimum atomic E-state index is -0.540. The van der Waals surface area contributed by atoms with E-state index in [1.807, 2.05) is 6.92 Å². The summed E-state index contributed by atoms with van der Waals surface area (Å²) in [4.78, 5) is 37.5. The van der Waals surface area contributed by atoms with Crippen molar-refractivity contribution in [3.05, 3.63) is 65.0 Å². The first-order chi connectivity index (χ1) is 11.5. The lowest BCUT2D eigenvalue weighted by Gasteiger charge is -2.13. The molecule has 0 fully saturated rings. The molecule has 0 atom stereocenters. The van der Waals surface area contributed by atoms with E-state index in [2.05, 4.69) is 5.32 Å². The summed E-state index contributed by atoms with van der Waals surface area (Å²) in [7, 11) is 0. The fourth-order valence-electron chi connectivity index (χ4n) is 2.60. The number of hydrogen-bond donors (Lipinski definition) is 1. The Balaban J connectivity index is 1.65. The van der Waals surface area contributed by atoms with Gasteiger partial charge in [0.1, 0.15) is 5.82 Å². The van der Waals surface area contributed by atoms with E-state index >= 15 is 0 Å². The molecule has 0 saturated heterocycles. The Kier molecular flexibility index (Phi) is 4.12. The van der Waals surface area contributed by atoms with Crippen LogP contribution in [0.25, 0.3) is 0 Å². The standard InChI is InChI=1S/C18H15FN2O3/c1-11-6-7-12-13(10-11)18(24)21(17(12)23)9-8-16(22)20-15-5-3-2-4-14(15)19/h2-7,10H,8-9H2,1H3,(H,20,22). The maximum absolute atomic E-state index is 13.5. The first-order valence-corrected chi connectivity index (χ1v) is 7.48. The van der Waals surface area contributed by atoms with Crippen molar-refractivity contribution >= 4 is 23.4 Å². The lowest BCUT2D eigenvalue weighted by Crippen LogP contribution is -2.32. The molecule has 0 aromatic heterocycles. The molecule has 0 bridgehead atoms. The third-order valence-corrected chi connectivity index (χ3v) is 3.84. The van der Waals surface area contributed by atoms with Crippen LogP contribution in [-0.4, -0.2) is 29.2 Å². The molecule has 0 radical (unpaired) electrons. The summed E-state index contributed by atoms with van der Waals surface area (Å²) in [5.41, 5.74) is 1.66. The number of halogens is 1. The summed E-state index contributed by atoms with van der Waals surface area (Å²) in [6, 6.07) is 10.8. The highest BCUT2D eigenvalue weighted by Crippen LogP contribution is 2.24. The van der Waals surface area contributed by atoms with Crippen LogP contribution in [0.2, 0.25) is 0 Å². The number of anilines is 1. The van der Waals surface area contributed by atoms with E-state index < -0.39 is 23.5 Å². The summed E-state index contributed by atoms with van der Waals surface area (Å²) in [5, 5.41) is 2.43. The van der Waals surface area contributed by atoms with E-state index in [0.29, 0.717) is 11.1 Å². The van der Waals surface area contributed by atoms with Gasteiger partial charge in [-0.15, -0.1) is 0 Å². The van der Waals surface area contributed by atoms with Crippen molar-refractivity contribution in [2.45, 2.75) is 13.3 Å². The van der Waals surface area contributed by atoms with Gasteiger partial charge in [-0.1, -0.05) is 23.8 Å². The van der Waals surface area contributed by atoms with Gasteiger partial charge in [0.05, 0.1) is 16.8 Å². The Morgan fingerprint density at radius 3 is 2.54 bits per heavy atom. The number of hydrogen-bond acceptors (Lipinski definition) is 3. The van der Waals surface area contributed by atoms with Crippen LogP contribution in [0.4, 0.5) is 10.1 Å². The number of rotatable bonds is 4. The van der Waals surface area contributed by atoms with Gasteiger partial charge in [0.2, 0.25) is 5.91 Å². The molecule has 5 nitrogen and oxygen atoms in total. The second-order valence-corrected chi connectivity index (χ2v) is 5.59. The van der Waals surface area contributed by atoms with E-state index in [0.717, 1.165) is 10.5 Å². The molecule has 1 aliphatic heterocycles. The Bertz CT molecular complexity index is 848. The third kappa shape index (κ3) is 2.90. The van der Waals surface area contributed by atoms with Crippen LogP contribution in [0, 0.1) is 12.7 Å². The summed E-state index contributed by atoms with van der Waals surface area (Å²) < 4.78 is 13.5. The molecule has 2 aromatic rings. The molecular formula is C18H15FN2O3. The van der Waals surface area contributed by atoms with E-state index in [-0.39, 0.29) is 18.7 Å². The average molecular weight is 326 g/mol. The van der Waals surface area contributed by atoms with E-state index in [4.69, 9.17) is 0 Å². The predicted molar refractivity (Wildman–Crippen MR) is 86.2 cm³/mol. The third-order valence-electron chi connectivity index (χ3n) is 3.84. The summed E-state index contributed by atoms with van der Waals surface area (Å²) in [5.74, 6) is -1.82. The molecule has 0 spiro atoms. The zero-order valence-corrected chi connectivity index (χ0v) is 13.0. The molecule has 1 aliphatic rings. The number of fused-ring (bicyclic) bond motifs is 1. The highest BCUT2D eigenvalue weighted by molar-refractivity contribution is 6.21. The second kappa shape index (κ2) is 6.23. The lowest BCUT2D eigenvalue weighted by atomic mass is 10.1. The van der Waals surface area contributed by atoms with Crippen LogP contribution in [-0.2, 0) is 4.79 Å². The monoisotopic (exact) mass is 326 g/mol. The summed E-state index contributed by atoms with van der Waals surface area (Å²) in [6.07, 6.45) is -0.0984. The smallest absolute Gasteiger partial charge is 0.261 e. The molecule has 122 valence electrons. The fourth-order valence-corrected chi connectivity index (χ4v) is 2.60. The van der Waals surface area contributed by atoms with Crippen LogP contribution < -0.4 is 5.32 Å². The number of imide groups is 1. The maximum atomic E-state index is 13.5. The summed E-state index contributed by atoms with van der Waals surface area (Å²) >= 11 is 0. The van der Waals surface area contributed by atoms with Gasteiger partial charge in [0.15, 0.2) is 0 Å². The molecule has 6 heteroatoms. The number of amides is 3. The second-order valence-electron chi connectivity index (χ2n) is 5.59. The maximum Gasteiger partial charge on any atom is 0.261 e. The largest absolute Gasteiger partial charge is 0.324 e. The zero-order chi connectivity index (χ0) is 17.3. The molecule has 1 heterocycles. The molecule has 3 amide bonds. The number of nitrogens with one attached hydrogen (secondary N) is 1. The van der Waals surface area contributed by atoms with Crippen molar-refractivity contribution in [1.82, 2.24) is 4.90 Å². The quantitative estimate of drug-likeness (QED) is 0.879. The number of nitrogens with zero attached hydrogens (tertiary/aromatic N) is 1. The molecule has 0 saturated carbocycles. The highest BCUT2D eigenvalue weighted by atomic mass is 19.1. The van der Waals surface area contributed by atoms with Gasteiger partial charge in [-0.2, -0.15) is 0 Å². The highest BCUT2D eigenvalue weighted by Gasteiger charge is 2.35. The normalized spacial score (nSPS) is 13.2. The van der Waals surface area contributed by atoms with Crippen LogP contribution >= 0.6 is 0 Å². The summed E-state index contributed by atoms with van der Waals surface area (Å²) in [6.45, 7) is 1.79. The van der Waals surface area contributed by atoms with Crippen molar-refractivity contribution in [3.63, 3.8) is 0 Å². The van der Waals surface area contributed by atoms with Gasteiger partial charge < -0.3 is 5.32 Å². The molecule has 1 N–H and O–H groups in total. The van der Waals surface area contributed by atoms with Gasteiger partial charge in [0.25, 0.3) is 11.8 Å². The van der Waals surface area contributed by atoms with Gasteiger partial charge in [-0.3, -0.25) is 19.3 Å². The first-order valence-electron chi connectivity index (χ1n) is 7.48. The molecule has 0 unspecified atom stereocenters. The topological polar surface area (TPSA) is 66.5 Å².